The maximum atomic E-state index is 5.71. The Kier molecular flexibility index (Phi) is 5.56. The maximum Gasteiger partial charge on any atom is 0.117 e. The van der Waals surface area contributed by atoms with Crippen LogP contribution in [0.15, 0.2) is 0 Å². The molecule has 13 heavy (non-hydrogen) atoms. The fraction of sp³-hybridized carbons (Fsp3) is 1.00. The van der Waals surface area contributed by atoms with Gasteiger partial charge in [-0.1, -0.05) is 15.9 Å². The highest BCUT2D eigenvalue weighted by Gasteiger charge is 2.42. The summed E-state index contributed by atoms with van der Waals surface area (Å²) in [6.07, 6.45) is 1.38. The lowest BCUT2D eigenvalue weighted by Crippen LogP contribution is -2.32. The van der Waals surface area contributed by atoms with Crippen LogP contribution in [0.25, 0.3) is 0 Å². The number of rotatable bonds is 4. The fourth-order valence-electron chi connectivity index (χ4n) is 1.65. The second kappa shape index (κ2) is 5.91. The van der Waals surface area contributed by atoms with Crippen molar-refractivity contribution in [1.29, 1.82) is 0 Å². The Morgan fingerprint density at radius 1 is 1.46 bits per heavy atom. The molecule has 5 unspecified atom stereocenters. The van der Waals surface area contributed by atoms with Crippen molar-refractivity contribution in [2.24, 2.45) is 0 Å². The molecule has 1 rings (SSSR count). The smallest absolute Gasteiger partial charge is 0.117 e. The van der Waals surface area contributed by atoms with Crippen molar-refractivity contribution in [2.75, 3.05) is 0 Å². The molecule has 0 radical (unpaired) electrons. The van der Waals surface area contributed by atoms with Gasteiger partial charge in [0.1, 0.15) is 12.2 Å². The largest absolute Gasteiger partial charge is 0.370 e. The zero-order valence-corrected chi connectivity index (χ0v) is 11.2. The zero-order chi connectivity index (χ0) is 9.84. The van der Waals surface area contributed by atoms with E-state index in [1.54, 1.807) is 0 Å². The summed E-state index contributed by atoms with van der Waals surface area (Å²) in [6.45, 7) is 4.12. The highest BCUT2D eigenvalue weighted by Crippen LogP contribution is 2.35. The molecule has 1 fully saturated rings. The molecule has 0 saturated carbocycles. The van der Waals surface area contributed by atoms with Gasteiger partial charge in [0.2, 0.25) is 0 Å². The van der Waals surface area contributed by atoms with Crippen molar-refractivity contribution in [3.8, 4) is 0 Å². The van der Waals surface area contributed by atoms with Gasteiger partial charge < -0.3 is 13.8 Å². The third-order valence-corrected chi connectivity index (χ3v) is 3.44. The zero-order valence-electron chi connectivity index (χ0n) is 7.90. The summed E-state index contributed by atoms with van der Waals surface area (Å²) in [5.74, 6) is 0. The predicted molar refractivity (Wildman–Crippen MR) is 62.1 cm³/mol. The molecular weight excluding hydrogens is 225 g/mol. The lowest BCUT2D eigenvalue weighted by atomic mass is 10.1. The molecule has 3 nitrogen and oxygen atoms in total. The average Bonchev–Trinajstić information content (AvgIpc) is 2.43. The summed E-state index contributed by atoms with van der Waals surface area (Å²) in [4.78, 5) is 0. The van der Waals surface area contributed by atoms with Crippen molar-refractivity contribution in [3.63, 3.8) is 0 Å². The second-order valence-corrected chi connectivity index (χ2v) is 4.54. The predicted octanol–water partition coefficient (Wildman–Crippen LogP) is 2.13. The molecule has 7 atom stereocenters. The summed E-state index contributed by atoms with van der Waals surface area (Å²) in [6, 6.07) is 0. The van der Waals surface area contributed by atoms with Gasteiger partial charge in [-0.2, -0.15) is 0 Å². The van der Waals surface area contributed by atoms with Crippen LogP contribution in [0, 0.1) is 0 Å². The number of ether oxygens (including phenoxy) is 1. The van der Waals surface area contributed by atoms with Gasteiger partial charge in [0.25, 0.3) is 0 Å². The summed E-state index contributed by atoms with van der Waals surface area (Å²) in [7, 11) is 5.28. The van der Waals surface area contributed by atoms with Crippen molar-refractivity contribution in [1.82, 2.24) is 0 Å². The van der Waals surface area contributed by atoms with Gasteiger partial charge in [-0.25, -0.2) is 0 Å². The lowest BCUT2D eigenvalue weighted by molar-refractivity contribution is 0.0231. The molecule has 0 aliphatic carbocycles. The summed E-state index contributed by atoms with van der Waals surface area (Å²) in [5, 5.41) is 0. The Balaban J connectivity index is 2.60. The molecule has 6 heteroatoms. The van der Waals surface area contributed by atoms with Gasteiger partial charge in [0.15, 0.2) is 0 Å². The van der Waals surface area contributed by atoms with E-state index in [9.17, 15) is 0 Å². The summed E-state index contributed by atoms with van der Waals surface area (Å²) < 4.78 is 16.6. The Morgan fingerprint density at radius 3 is 2.62 bits per heavy atom. The van der Waals surface area contributed by atoms with Gasteiger partial charge in [0, 0.05) is 18.0 Å². The average molecular weight is 242 g/mol. The molecule has 1 saturated heterocycles. The van der Waals surface area contributed by atoms with E-state index in [1.165, 1.54) is 0 Å². The minimum atomic E-state index is 0.0444. The first-order valence-electron chi connectivity index (χ1n) is 4.36. The molecule has 1 heterocycles. The van der Waals surface area contributed by atoms with E-state index in [0.717, 1.165) is 6.42 Å². The molecule has 0 spiro atoms. The molecule has 78 valence electrons. The lowest BCUT2D eigenvalue weighted by Gasteiger charge is -2.20. The fourth-order valence-corrected chi connectivity index (χ4v) is 2.94. The van der Waals surface area contributed by atoms with E-state index in [1.807, 2.05) is 6.92 Å². The molecule has 0 aromatic carbocycles. The van der Waals surface area contributed by atoms with E-state index in [0.29, 0.717) is 8.50 Å². The first-order valence-corrected chi connectivity index (χ1v) is 7.55. The third kappa shape index (κ3) is 2.81. The maximum absolute atomic E-state index is 5.71. The van der Waals surface area contributed by atoms with E-state index < -0.39 is 0 Å². The standard InChI is InChI=1S/C7H17O3P3/c1-3-5-7(10-13-12)6(9-11)4(2)8-5/h4-7,13H,3,11-12H2,1-2H3/t4?,5-,6?,7+/m1/s1. The van der Waals surface area contributed by atoms with Gasteiger partial charge in [-0.3, -0.25) is 0 Å². The molecule has 0 bridgehead atoms. The van der Waals surface area contributed by atoms with Crippen LogP contribution in [0.1, 0.15) is 20.3 Å². The van der Waals surface area contributed by atoms with E-state index in [-0.39, 0.29) is 24.4 Å². The Morgan fingerprint density at radius 2 is 2.15 bits per heavy atom. The summed E-state index contributed by atoms with van der Waals surface area (Å²) >= 11 is 0. The number of hydrogen-bond acceptors (Lipinski definition) is 3. The SMILES string of the molecule is CC[C@H]1OC(C)C(OP)[C@H]1OPP. The normalized spacial score (nSPS) is 40.6. The first kappa shape index (κ1) is 12.2. The van der Waals surface area contributed by atoms with Gasteiger partial charge in [0.05, 0.1) is 12.2 Å². The topological polar surface area (TPSA) is 27.7 Å². The highest BCUT2D eigenvalue weighted by molar-refractivity contribution is 8.00. The van der Waals surface area contributed by atoms with Crippen LogP contribution in [0.2, 0.25) is 0 Å². The molecule has 1 aliphatic heterocycles. The van der Waals surface area contributed by atoms with Gasteiger partial charge in [-0.15, -0.1) is 0 Å². The van der Waals surface area contributed by atoms with Crippen LogP contribution in [0.5, 0.6) is 0 Å². The minimum Gasteiger partial charge on any atom is -0.370 e. The number of hydrogen-bond donors (Lipinski definition) is 0. The Bertz CT molecular complexity index is 158. The van der Waals surface area contributed by atoms with E-state index in [4.69, 9.17) is 13.8 Å². The van der Waals surface area contributed by atoms with E-state index in [2.05, 4.69) is 25.3 Å². The molecule has 0 aromatic rings. The molecule has 0 amide bonds. The van der Waals surface area contributed by atoms with Crippen LogP contribution in [0.3, 0.4) is 0 Å². The molecule has 1 aliphatic rings. The van der Waals surface area contributed by atoms with Crippen LogP contribution in [-0.4, -0.2) is 24.4 Å². The van der Waals surface area contributed by atoms with Crippen LogP contribution in [0.4, 0.5) is 0 Å². The van der Waals surface area contributed by atoms with Crippen molar-refractivity contribution in [2.45, 2.75) is 44.7 Å². The van der Waals surface area contributed by atoms with Crippen molar-refractivity contribution < 1.29 is 13.8 Å². The van der Waals surface area contributed by atoms with Crippen LogP contribution in [-0.2, 0) is 13.8 Å². The van der Waals surface area contributed by atoms with E-state index >= 15 is 0 Å². The Hall–Kier alpha value is 1.17. The van der Waals surface area contributed by atoms with Gasteiger partial charge >= 0.3 is 0 Å². The van der Waals surface area contributed by atoms with Crippen molar-refractivity contribution in [3.05, 3.63) is 0 Å². The van der Waals surface area contributed by atoms with Gasteiger partial charge in [-0.05, 0) is 13.3 Å². The third-order valence-electron chi connectivity index (χ3n) is 2.31. The first-order chi connectivity index (χ1) is 6.24. The Labute approximate surface area is 85.9 Å². The van der Waals surface area contributed by atoms with Crippen LogP contribution >= 0.6 is 26.9 Å². The summed E-state index contributed by atoms with van der Waals surface area (Å²) in [5.41, 5.74) is 0. The van der Waals surface area contributed by atoms with Crippen LogP contribution < -0.4 is 0 Å². The second-order valence-electron chi connectivity index (χ2n) is 3.09. The highest BCUT2D eigenvalue weighted by atomic mass is 32.0. The molecular formula is C7H17O3P3. The minimum absolute atomic E-state index is 0.0444. The van der Waals surface area contributed by atoms with Crippen molar-refractivity contribution >= 4 is 26.9 Å². The molecule has 0 N–H and O–H groups in total. The monoisotopic (exact) mass is 242 g/mol. The quantitative estimate of drug-likeness (QED) is 0.707. The molecule has 0 aromatic heterocycles.